The molecule has 1 heterocycles. The van der Waals surface area contributed by atoms with Crippen LogP contribution in [0.2, 0.25) is 0 Å². The van der Waals surface area contributed by atoms with Crippen molar-refractivity contribution in [1.82, 2.24) is 14.8 Å². The monoisotopic (exact) mass is 542 g/mol. The SMILES string of the molecule is O=C(CSc1nnc(-c2ccccc2)n1-c1ccccc1)Nc1cc(Br)ccc1Br. The molecule has 1 N–H and O–H groups in total. The molecule has 0 spiro atoms. The van der Waals surface area contributed by atoms with Crippen LogP contribution in [0.4, 0.5) is 5.69 Å². The van der Waals surface area contributed by atoms with E-state index in [-0.39, 0.29) is 11.7 Å². The Morgan fingerprint density at radius 2 is 1.63 bits per heavy atom. The molecule has 8 heteroatoms. The number of hydrogen-bond acceptors (Lipinski definition) is 4. The highest BCUT2D eigenvalue weighted by molar-refractivity contribution is 9.11. The molecule has 150 valence electrons. The molecule has 0 atom stereocenters. The molecule has 0 bridgehead atoms. The molecule has 1 amide bonds. The molecule has 0 unspecified atom stereocenters. The number of benzene rings is 3. The minimum atomic E-state index is -0.123. The number of thioether (sulfide) groups is 1. The molecular weight excluding hydrogens is 528 g/mol. The highest BCUT2D eigenvalue weighted by atomic mass is 79.9. The molecule has 0 saturated heterocycles. The summed E-state index contributed by atoms with van der Waals surface area (Å²) in [6, 6.07) is 25.4. The van der Waals surface area contributed by atoms with Gasteiger partial charge in [0.2, 0.25) is 5.91 Å². The van der Waals surface area contributed by atoms with Crippen molar-refractivity contribution in [3.05, 3.63) is 87.8 Å². The zero-order valence-electron chi connectivity index (χ0n) is 15.6. The normalized spacial score (nSPS) is 10.7. The fraction of sp³-hybridized carbons (Fsp3) is 0.0455. The maximum atomic E-state index is 12.5. The highest BCUT2D eigenvalue weighted by Gasteiger charge is 2.17. The van der Waals surface area contributed by atoms with E-state index in [0.717, 1.165) is 26.0 Å². The maximum Gasteiger partial charge on any atom is 0.234 e. The molecule has 1 aromatic heterocycles. The first-order chi connectivity index (χ1) is 14.6. The van der Waals surface area contributed by atoms with Crippen LogP contribution >= 0.6 is 43.6 Å². The second-order valence-corrected chi connectivity index (χ2v) is 9.02. The molecule has 0 radical (unpaired) electrons. The molecule has 0 aliphatic rings. The molecule has 4 aromatic rings. The summed E-state index contributed by atoms with van der Waals surface area (Å²) in [7, 11) is 0. The van der Waals surface area contributed by atoms with Gasteiger partial charge in [-0.05, 0) is 46.3 Å². The predicted octanol–water partition coefficient (Wildman–Crippen LogP) is 6.19. The summed E-state index contributed by atoms with van der Waals surface area (Å²) in [4.78, 5) is 12.5. The lowest BCUT2D eigenvalue weighted by Gasteiger charge is -2.11. The zero-order chi connectivity index (χ0) is 20.9. The summed E-state index contributed by atoms with van der Waals surface area (Å²) < 4.78 is 3.69. The Hall–Kier alpha value is -2.42. The van der Waals surface area contributed by atoms with Crippen LogP contribution in [0.3, 0.4) is 0 Å². The number of anilines is 1. The van der Waals surface area contributed by atoms with Gasteiger partial charge in [-0.15, -0.1) is 10.2 Å². The van der Waals surface area contributed by atoms with Gasteiger partial charge in [-0.25, -0.2) is 0 Å². The number of nitrogens with one attached hydrogen (secondary N) is 1. The first-order valence-corrected chi connectivity index (χ1v) is 11.6. The van der Waals surface area contributed by atoms with E-state index >= 15 is 0 Å². The van der Waals surface area contributed by atoms with Gasteiger partial charge in [-0.3, -0.25) is 9.36 Å². The van der Waals surface area contributed by atoms with Crippen LogP contribution in [0.1, 0.15) is 0 Å². The van der Waals surface area contributed by atoms with Crippen LogP contribution in [0, 0.1) is 0 Å². The Labute approximate surface area is 195 Å². The molecule has 4 rings (SSSR count). The number of nitrogens with zero attached hydrogens (tertiary/aromatic N) is 3. The van der Waals surface area contributed by atoms with Gasteiger partial charge < -0.3 is 5.32 Å². The van der Waals surface area contributed by atoms with Crippen LogP contribution in [-0.2, 0) is 4.79 Å². The van der Waals surface area contributed by atoms with Crippen molar-refractivity contribution < 1.29 is 4.79 Å². The van der Waals surface area contributed by atoms with E-state index in [1.165, 1.54) is 11.8 Å². The standard InChI is InChI=1S/C22H16Br2N4OS/c23-16-11-12-18(24)19(13-16)25-20(29)14-30-22-27-26-21(15-7-3-1-4-8-15)28(22)17-9-5-2-6-10-17/h1-13H,14H2,(H,25,29). The molecule has 0 aliphatic carbocycles. The summed E-state index contributed by atoms with van der Waals surface area (Å²) in [6.45, 7) is 0. The second-order valence-electron chi connectivity index (χ2n) is 6.30. The van der Waals surface area contributed by atoms with E-state index in [2.05, 4.69) is 47.4 Å². The van der Waals surface area contributed by atoms with Crippen LogP contribution in [0.15, 0.2) is 93.0 Å². The van der Waals surface area contributed by atoms with Gasteiger partial charge in [-0.1, -0.05) is 76.2 Å². The summed E-state index contributed by atoms with van der Waals surface area (Å²) in [6.07, 6.45) is 0. The number of carbonyl (C=O) groups is 1. The van der Waals surface area contributed by atoms with Crippen LogP contribution < -0.4 is 5.32 Å². The topological polar surface area (TPSA) is 59.8 Å². The maximum absolute atomic E-state index is 12.5. The van der Waals surface area contributed by atoms with Gasteiger partial charge >= 0.3 is 0 Å². The van der Waals surface area contributed by atoms with Gasteiger partial charge in [0, 0.05) is 20.2 Å². The molecule has 0 aliphatic heterocycles. The largest absolute Gasteiger partial charge is 0.324 e. The van der Waals surface area contributed by atoms with E-state index in [9.17, 15) is 4.79 Å². The number of aromatic nitrogens is 3. The minimum Gasteiger partial charge on any atom is -0.324 e. The number of hydrogen-bond donors (Lipinski definition) is 1. The highest BCUT2D eigenvalue weighted by Crippen LogP contribution is 2.29. The smallest absolute Gasteiger partial charge is 0.234 e. The van der Waals surface area contributed by atoms with Crippen molar-refractivity contribution in [1.29, 1.82) is 0 Å². The number of para-hydroxylation sites is 1. The summed E-state index contributed by atoms with van der Waals surface area (Å²) in [5.41, 5.74) is 2.62. The first-order valence-electron chi connectivity index (χ1n) is 9.06. The Morgan fingerprint density at radius 3 is 2.37 bits per heavy atom. The summed E-state index contributed by atoms with van der Waals surface area (Å²) in [5.74, 6) is 0.820. The number of rotatable bonds is 6. The van der Waals surface area contributed by atoms with Crippen molar-refractivity contribution >= 4 is 55.2 Å². The van der Waals surface area contributed by atoms with Crippen molar-refractivity contribution in [2.24, 2.45) is 0 Å². The van der Waals surface area contributed by atoms with E-state index in [0.29, 0.717) is 10.8 Å². The summed E-state index contributed by atoms with van der Waals surface area (Å²) in [5, 5.41) is 12.3. The first kappa shape index (κ1) is 20.8. The van der Waals surface area contributed by atoms with E-state index in [1.54, 1.807) is 0 Å². The third kappa shape index (κ3) is 4.83. The lowest BCUT2D eigenvalue weighted by Crippen LogP contribution is -2.15. The van der Waals surface area contributed by atoms with Crippen LogP contribution in [-0.4, -0.2) is 26.4 Å². The van der Waals surface area contributed by atoms with Crippen molar-refractivity contribution in [3.63, 3.8) is 0 Å². The number of amides is 1. The summed E-state index contributed by atoms with van der Waals surface area (Å²) >= 11 is 8.23. The van der Waals surface area contributed by atoms with Crippen molar-refractivity contribution in [2.75, 3.05) is 11.1 Å². The van der Waals surface area contributed by atoms with Gasteiger partial charge in [0.1, 0.15) is 0 Å². The van der Waals surface area contributed by atoms with E-state index in [1.807, 2.05) is 83.4 Å². The number of halogens is 2. The van der Waals surface area contributed by atoms with Crippen molar-refractivity contribution in [3.8, 4) is 17.1 Å². The van der Waals surface area contributed by atoms with E-state index < -0.39 is 0 Å². The Morgan fingerprint density at radius 1 is 0.933 bits per heavy atom. The third-order valence-electron chi connectivity index (χ3n) is 4.21. The predicted molar refractivity (Wildman–Crippen MR) is 128 cm³/mol. The van der Waals surface area contributed by atoms with Gasteiger partial charge in [0.25, 0.3) is 0 Å². The molecule has 0 fully saturated rings. The Balaban J connectivity index is 1.58. The molecule has 30 heavy (non-hydrogen) atoms. The molecule has 0 saturated carbocycles. The van der Waals surface area contributed by atoms with Gasteiger partial charge in [0.05, 0.1) is 11.4 Å². The molecule has 3 aromatic carbocycles. The quantitative estimate of drug-likeness (QED) is 0.294. The second kappa shape index (κ2) is 9.59. The van der Waals surface area contributed by atoms with Gasteiger partial charge in [-0.2, -0.15) is 0 Å². The van der Waals surface area contributed by atoms with Crippen LogP contribution in [0.25, 0.3) is 17.1 Å². The average molecular weight is 544 g/mol. The Bertz CT molecular complexity index is 1170. The minimum absolute atomic E-state index is 0.123. The van der Waals surface area contributed by atoms with E-state index in [4.69, 9.17) is 0 Å². The van der Waals surface area contributed by atoms with Gasteiger partial charge in [0.15, 0.2) is 11.0 Å². The fourth-order valence-corrected chi connectivity index (χ4v) is 4.32. The lowest BCUT2D eigenvalue weighted by atomic mass is 10.2. The fourth-order valence-electron chi connectivity index (χ4n) is 2.86. The number of carbonyl (C=O) groups excluding carboxylic acids is 1. The zero-order valence-corrected chi connectivity index (χ0v) is 19.6. The van der Waals surface area contributed by atoms with Crippen molar-refractivity contribution in [2.45, 2.75) is 5.16 Å². The molecule has 5 nitrogen and oxygen atoms in total. The van der Waals surface area contributed by atoms with Crippen LogP contribution in [0.5, 0.6) is 0 Å². The third-order valence-corrected chi connectivity index (χ3v) is 6.33. The average Bonchev–Trinajstić information content (AvgIpc) is 3.20. The Kier molecular flexibility index (Phi) is 6.66. The lowest BCUT2D eigenvalue weighted by molar-refractivity contribution is -0.113. The molecular formula is C22H16Br2N4OS.